The summed E-state index contributed by atoms with van der Waals surface area (Å²) in [6, 6.07) is 41.9. The molecule has 10 nitrogen and oxygen atoms in total. The van der Waals surface area contributed by atoms with Gasteiger partial charge < -0.3 is 19.4 Å². The van der Waals surface area contributed by atoms with E-state index in [0.29, 0.717) is 45.0 Å². The minimum Gasteiger partial charge on any atom is -0.462 e. The molecule has 0 aliphatic carbocycles. The Morgan fingerprint density at radius 1 is 0.452 bits per heavy atom. The fourth-order valence-corrected chi connectivity index (χ4v) is 7.82. The first-order valence-electron chi connectivity index (χ1n) is 20.1. The highest BCUT2D eigenvalue weighted by atomic mass is 16.5. The van der Waals surface area contributed by atoms with E-state index in [4.69, 9.17) is 19.4 Å². The van der Waals surface area contributed by atoms with Gasteiger partial charge in [-0.2, -0.15) is 10.5 Å². The zero-order chi connectivity index (χ0) is 42.7. The van der Waals surface area contributed by atoms with Gasteiger partial charge in [0.05, 0.1) is 70.4 Å². The molecule has 4 aromatic carbocycles. The Kier molecular flexibility index (Phi) is 10.4. The molecule has 2 aliphatic heterocycles. The SMILES string of the molecule is CCOC(=O)c1ccc(-c2c3nc(c(-c4ccc(C#N)cc4)c4ccc([nH]4)c(-c4ccc(C(=O)OCC)cc4)c4nc(c(-c5ccc(C#N)cc5)c5ccc2[nH]5)C=C4)C=C3)cc1. The predicted molar refractivity (Wildman–Crippen MR) is 242 cm³/mol. The summed E-state index contributed by atoms with van der Waals surface area (Å²) in [5.74, 6) is -0.801. The molecule has 0 atom stereocenters. The van der Waals surface area contributed by atoms with Crippen molar-refractivity contribution in [1.82, 2.24) is 19.9 Å². The average Bonchev–Trinajstić information content (AvgIpc) is 4.16. The summed E-state index contributed by atoms with van der Waals surface area (Å²) < 4.78 is 10.5. The number of rotatable bonds is 8. The molecule has 10 heteroatoms. The van der Waals surface area contributed by atoms with E-state index in [-0.39, 0.29) is 13.2 Å². The molecular weight excluding hydrogens is 773 g/mol. The highest BCUT2D eigenvalue weighted by Gasteiger charge is 2.20. The second-order valence-electron chi connectivity index (χ2n) is 14.5. The number of fused-ring (bicyclic) bond motifs is 8. The molecule has 9 rings (SSSR count). The van der Waals surface area contributed by atoms with Crippen LogP contribution in [0.2, 0.25) is 0 Å². The molecule has 0 saturated carbocycles. The number of benzene rings is 4. The number of carbonyl (C=O) groups excluding carboxylic acids is 2. The van der Waals surface area contributed by atoms with E-state index in [1.54, 1.807) is 62.4 Å². The molecule has 62 heavy (non-hydrogen) atoms. The van der Waals surface area contributed by atoms with Gasteiger partial charge in [-0.25, -0.2) is 19.6 Å². The first-order chi connectivity index (χ1) is 30.3. The Morgan fingerprint density at radius 3 is 0.984 bits per heavy atom. The van der Waals surface area contributed by atoms with Crippen LogP contribution in [-0.2, 0) is 9.47 Å². The smallest absolute Gasteiger partial charge is 0.338 e. The van der Waals surface area contributed by atoms with Crippen LogP contribution in [0.1, 0.15) is 68.5 Å². The maximum absolute atomic E-state index is 12.7. The largest absolute Gasteiger partial charge is 0.462 e. The molecule has 8 bridgehead atoms. The zero-order valence-corrected chi connectivity index (χ0v) is 33.7. The van der Waals surface area contributed by atoms with Gasteiger partial charge >= 0.3 is 11.9 Å². The summed E-state index contributed by atoms with van der Waals surface area (Å²) in [5, 5.41) is 19.3. The predicted octanol–water partition coefficient (Wildman–Crippen LogP) is 11.4. The van der Waals surface area contributed by atoms with Crippen molar-refractivity contribution in [3.05, 3.63) is 166 Å². The minimum absolute atomic E-state index is 0.269. The van der Waals surface area contributed by atoms with Crippen molar-refractivity contribution in [1.29, 1.82) is 10.5 Å². The highest BCUT2D eigenvalue weighted by molar-refractivity contribution is 6.00. The number of nitrogens with one attached hydrogen (secondary N) is 2. The third-order valence-electron chi connectivity index (χ3n) is 10.7. The first-order valence-corrected chi connectivity index (χ1v) is 20.1. The highest BCUT2D eigenvalue weighted by Crippen LogP contribution is 2.38. The average molecular weight is 809 g/mol. The molecule has 0 fully saturated rings. The lowest BCUT2D eigenvalue weighted by atomic mass is 10.0. The second kappa shape index (κ2) is 16.6. The number of hydrogen-bond donors (Lipinski definition) is 2. The van der Waals surface area contributed by atoms with E-state index in [1.807, 2.05) is 97.1 Å². The number of aromatic amines is 2. The van der Waals surface area contributed by atoms with Gasteiger partial charge in [-0.15, -0.1) is 0 Å². The summed E-state index contributed by atoms with van der Waals surface area (Å²) in [7, 11) is 0. The zero-order valence-electron chi connectivity index (χ0n) is 33.7. The van der Waals surface area contributed by atoms with Gasteiger partial charge in [0.15, 0.2) is 0 Å². The summed E-state index contributed by atoms with van der Waals surface area (Å²) in [6.45, 7) is 4.09. The van der Waals surface area contributed by atoms with E-state index in [1.165, 1.54) is 0 Å². The molecule has 0 saturated heterocycles. The van der Waals surface area contributed by atoms with E-state index in [9.17, 15) is 20.1 Å². The van der Waals surface area contributed by atoms with Gasteiger partial charge in [-0.1, -0.05) is 48.5 Å². The lowest BCUT2D eigenvalue weighted by molar-refractivity contribution is 0.0517. The van der Waals surface area contributed by atoms with Crippen molar-refractivity contribution >= 4 is 58.3 Å². The quantitative estimate of drug-likeness (QED) is 0.144. The number of hydrogen-bond acceptors (Lipinski definition) is 8. The van der Waals surface area contributed by atoms with Crippen LogP contribution in [-0.4, -0.2) is 45.1 Å². The van der Waals surface area contributed by atoms with Gasteiger partial charge in [0.2, 0.25) is 0 Å². The van der Waals surface area contributed by atoms with Crippen LogP contribution in [0.25, 0.3) is 90.9 Å². The summed E-state index contributed by atoms with van der Waals surface area (Å²) >= 11 is 0. The van der Waals surface area contributed by atoms with E-state index >= 15 is 0 Å². The molecule has 2 N–H and O–H groups in total. The molecular formula is C52H36N6O4. The molecule has 0 unspecified atom stereocenters. The lowest BCUT2D eigenvalue weighted by Gasteiger charge is -2.08. The fraction of sp³-hybridized carbons (Fsp3) is 0.0769. The number of aromatic nitrogens is 4. The van der Waals surface area contributed by atoms with Crippen LogP contribution in [0.4, 0.5) is 0 Å². The molecule has 0 amide bonds. The molecule has 0 spiro atoms. The van der Waals surface area contributed by atoms with E-state index in [2.05, 4.69) is 22.1 Å². The van der Waals surface area contributed by atoms with Crippen LogP contribution >= 0.6 is 0 Å². The van der Waals surface area contributed by atoms with Crippen molar-refractivity contribution in [3.8, 4) is 56.6 Å². The van der Waals surface area contributed by atoms with E-state index in [0.717, 1.165) is 66.6 Å². The van der Waals surface area contributed by atoms with E-state index < -0.39 is 11.9 Å². The van der Waals surface area contributed by atoms with Crippen LogP contribution < -0.4 is 0 Å². The summed E-state index contributed by atoms with van der Waals surface area (Å²) in [4.78, 5) is 43.4. The number of esters is 2. The van der Waals surface area contributed by atoms with Crippen molar-refractivity contribution in [2.75, 3.05) is 13.2 Å². The Labute approximate surface area is 356 Å². The van der Waals surface area contributed by atoms with Gasteiger partial charge in [0.1, 0.15) is 0 Å². The summed E-state index contributed by atoms with van der Waals surface area (Å²) in [6.07, 6.45) is 7.93. The molecule has 7 aromatic rings. The Bertz CT molecular complexity index is 3010. The molecule has 0 radical (unpaired) electrons. The van der Waals surface area contributed by atoms with Gasteiger partial charge in [-0.3, -0.25) is 0 Å². The molecule has 2 aliphatic rings. The van der Waals surface area contributed by atoms with Crippen molar-refractivity contribution in [2.24, 2.45) is 0 Å². The molecule has 3 aromatic heterocycles. The topological polar surface area (TPSA) is 158 Å². The Hall–Kier alpha value is -8.60. The van der Waals surface area contributed by atoms with Crippen LogP contribution in [0, 0.1) is 22.7 Å². The number of H-pyrrole nitrogens is 2. The Balaban J connectivity index is 1.40. The first kappa shape index (κ1) is 38.9. The van der Waals surface area contributed by atoms with Crippen LogP contribution in [0.3, 0.4) is 0 Å². The summed E-state index contributed by atoms with van der Waals surface area (Å²) in [5.41, 5.74) is 14.4. The normalized spacial score (nSPS) is 11.5. The lowest BCUT2D eigenvalue weighted by Crippen LogP contribution is -2.04. The van der Waals surface area contributed by atoms with Gasteiger partial charge in [0, 0.05) is 44.3 Å². The Morgan fingerprint density at radius 2 is 0.726 bits per heavy atom. The van der Waals surface area contributed by atoms with Gasteiger partial charge in [0.25, 0.3) is 0 Å². The van der Waals surface area contributed by atoms with Crippen LogP contribution in [0.5, 0.6) is 0 Å². The maximum atomic E-state index is 12.7. The fourth-order valence-electron chi connectivity index (χ4n) is 7.82. The van der Waals surface area contributed by atoms with Crippen molar-refractivity contribution in [3.63, 3.8) is 0 Å². The van der Waals surface area contributed by atoms with Crippen LogP contribution in [0.15, 0.2) is 121 Å². The number of ether oxygens (including phenoxy) is 2. The third-order valence-corrected chi connectivity index (χ3v) is 10.7. The number of nitrogens with zero attached hydrogens (tertiary/aromatic N) is 4. The second-order valence-corrected chi connectivity index (χ2v) is 14.5. The standard InChI is InChI=1S/C52H36N6O4/c1-3-61-51(59)37-17-13-35(14-18-37)49-43-25-21-39(55-43)47(33-9-5-31(29-53)6-10-33)41-23-27-45(57-41)50(36-15-19-38(20-16-36)52(60)62-4-2)46-28-24-42(58-46)48(40-22-26-44(49)56-40)34-11-7-32(30-54)8-12-34/h5-28,55,58H,3-4H2,1-2H3. The minimum atomic E-state index is -0.401. The van der Waals surface area contributed by atoms with Crippen molar-refractivity contribution < 1.29 is 19.1 Å². The van der Waals surface area contributed by atoms with Crippen molar-refractivity contribution in [2.45, 2.75) is 13.8 Å². The molecule has 298 valence electrons. The number of nitriles is 2. The van der Waals surface area contributed by atoms with Gasteiger partial charge in [-0.05, 0) is 133 Å². The monoisotopic (exact) mass is 808 g/mol. The molecule has 5 heterocycles. The third kappa shape index (κ3) is 7.34. The maximum Gasteiger partial charge on any atom is 0.338 e. The number of carbonyl (C=O) groups is 2.